The van der Waals surface area contributed by atoms with Gasteiger partial charge in [0.2, 0.25) is 0 Å². The lowest BCUT2D eigenvalue weighted by molar-refractivity contribution is 0.386. The van der Waals surface area contributed by atoms with Gasteiger partial charge in [0.15, 0.2) is 6.17 Å². The molecule has 1 aliphatic heterocycles. The lowest BCUT2D eigenvalue weighted by Gasteiger charge is -2.31. The van der Waals surface area contributed by atoms with Gasteiger partial charge < -0.3 is 14.8 Å². The molecule has 5 nitrogen and oxygen atoms in total. The van der Waals surface area contributed by atoms with E-state index in [4.69, 9.17) is 14.6 Å². The third-order valence-corrected chi connectivity index (χ3v) is 4.67. The molecule has 0 spiro atoms. The summed E-state index contributed by atoms with van der Waals surface area (Å²) in [5.41, 5.74) is 6.63. The molecular formula is C20H21N3O2. The van der Waals surface area contributed by atoms with Crippen LogP contribution in [0, 0.1) is 13.8 Å². The first kappa shape index (κ1) is 15.6. The van der Waals surface area contributed by atoms with E-state index in [0.29, 0.717) is 0 Å². The Hall–Kier alpha value is -2.95. The minimum atomic E-state index is -0.141. The Morgan fingerprint density at radius 3 is 2.64 bits per heavy atom. The fourth-order valence-electron chi connectivity index (χ4n) is 3.44. The molecule has 1 aromatic heterocycles. The molecule has 1 unspecified atom stereocenters. The number of hydrogen-bond acceptors (Lipinski definition) is 4. The van der Waals surface area contributed by atoms with Gasteiger partial charge in [0.1, 0.15) is 11.5 Å². The largest absolute Gasteiger partial charge is 0.497 e. The molecule has 1 aliphatic rings. The summed E-state index contributed by atoms with van der Waals surface area (Å²) >= 11 is 0. The topological polar surface area (TPSA) is 48.3 Å². The molecular weight excluding hydrogens is 314 g/mol. The van der Waals surface area contributed by atoms with Crippen molar-refractivity contribution in [3.8, 4) is 22.8 Å². The smallest absolute Gasteiger partial charge is 0.150 e. The number of aromatic nitrogens is 2. The first-order chi connectivity index (χ1) is 12.1. The summed E-state index contributed by atoms with van der Waals surface area (Å²) in [5.74, 6) is 1.54. The van der Waals surface area contributed by atoms with Crippen molar-refractivity contribution in [1.29, 1.82) is 0 Å². The van der Waals surface area contributed by atoms with E-state index in [2.05, 4.69) is 36.5 Å². The summed E-state index contributed by atoms with van der Waals surface area (Å²) in [4.78, 5) is 0. The van der Waals surface area contributed by atoms with E-state index >= 15 is 0 Å². The molecule has 25 heavy (non-hydrogen) atoms. The maximum absolute atomic E-state index is 5.62. The average Bonchev–Trinajstić information content (AvgIpc) is 3.02. The van der Waals surface area contributed by atoms with Gasteiger partial charge in [0, 0.05) is 22.9 Å². The number of aryl methyl sites for hydroxylation is 2. The van der Waals surface area contributed by atoms with Crippen molar-refractivity contribution >= 4 is 5.69 Å². The normalized spacial score (nSPS) is 15.1. The number of nitrogens with zero attached hydrogens (tertiary/aromatic N) is 2. The second-order valence-corrected chi connectivity index (χ2v) is 6.27. The number of methoxy groups -OCH3 is 2. The second kappa shape index (κ2) is 5.84. The molecule has 0 amide bonds. The summed E-state index contributed by atoms with van der Waals surface area (Å²) in [5, 5.41) is 8.37. The molecule has 128 valence electrons. The predicted octanol–water partition coefficient (Wildman–Crippen LogP) is 4.16. The number of fused-ring (bicyclic) bond motifs is 3. The van der Waals surface area contributed by atoms with Crippen LogP contribution in [0.3, 0.4) is 0 Å². The molecule has 3 aromatic rings. The third-order valence-electron chi connectivity index (χ3n) is 4.67. The van der Waals surface area contributed by atoms with Crippen molar-refractivity contribution in [2.75, 3.05) is 19.5 Å². The SMILES string of the molecule is COc1ccc(C2Nc3c(C)cccc3-c3cc(C)nn32)c(OC)c1. The summed E-state index contributed by atoms with van der Waals surface area (Å²) < 4.78 is 13.0. The van der Waals surface area contributed by atoms with Gasteiger partial charge in [-0.2, -0.15) is 5.10 Å². The molecule has 2 aromatic carbocycles. The maximum atomic E-state index is 5.62. The van der Waals surface area contributed by atoms with Crippen LogP contribution >= 0.6 is 0 Å². The summed E-state index contributed by atoms with van der Waals surface area (Å²) in [6.45, 7) is 4.14. The Morgan fingerprint density at radius 1 is 1.04 bits per heavy atom. The predicted molar refractivity (Wildman–Crippen MR) is 98.4 cm³/mol. The van der Waals surface area contributed by atoms with E-state index in [9.17, 15) is 0 Å². The first-order valence-electron chi connectivity index (χ1n) is 8.27. The first-order valence-corrected chi connectivity index (χ1v) is 8.27. The van der Waals surface area contributed by atoms with Gasteiger partial charge in [-0.05, 0) is 37.6 Å². The minimum Gasteiger partial charge on any atom is -0.497 e. The van der Waals surface area contributed by atoms with Crippen LogP contribution in [0.5, 0.6) is 11.5 Å². The number of ether oxygens (including phenoxy) is 2. The van der Waals surface area contributed by atoms with E-state index < -0.39 is 0 Å². The van der Waals surface area contributed by atoms with E-state index in [1.165, 1.54) is 11.1 Å². The van der Waals surface area contributed by atoms with Crippen LogP contribution in [0.15, 0.2) is 42.5 Å². The molecule has 0 saturated heterocycles. The van der Waals surface area contributed by atoms with Crippen molar-refractivity contribution in [2.24, 2.45) is 0 Å². The molecule has 0 radical (unpaired) electrons. The Labute approximate surface area is 147 Å². The fourth-order valence-corrected chi connectivity index (χ4v) is 3.44. The van der Waals surface area contributed by atoms with Gasteiger partial charge in [0.05, 0.1) is 25.6 Å². The summed E-state index contributed by atoms with van der Waals surface area (Å²) in [6.07, 6.45) is -0.141. The van der Waals surface area contributed by atoms with E-state index in [1.54, 1.807) is 14.2 Å². The summed E-state index contributed by atoms with van der Waals surface area (Å²) in [7, 11) is 3.33. The Bertz CT molecular complexity index is 946. The molecule has 4 rings (SSSR count). The van der Waals surface area contributed by atoms with E-state index in [0.717, 1.165) is 34.1 Å². The monoisotopic (exact) mass is 335 g/mol. The van der Waals surface area contributed by atoms with Crippen LogP contribution in [-0.2, 0) is 0 Å². The van der Waals surface area contributed by atoms with Gasteiger partial charge in [-0.1, -0.05) is 18.2 Å². The number of benzene rings is 2. The van der Waals surface area contributed by atoms with Crippen LogP contribution < -0.4 is 14.8 Å². The van der Waals surface area contributed by atoms with E-state index in [-0.39, 0.29) is 6.17 Å². The molecule has 2 heterocycles. The molecule has 0 saturated carbocycles. The molecule has 1 atom stereocenters. The average molecular weight is 335 g/mol. The summed E-state index contributed by atoms with van der Waals surface area (Å²) in [6, 6.07) is 14.3. The zero-order valence-electron chi connectivity index (χ0n) is 14.8. The van der Waals surface area contributed by atoms with Gasteiger partial charge in [-0.3, -0.25) is 0 Å². The van der Waals surface area contributed by atoms with E-state index in [1.807, 2.05) is 29.8 Å². The molecule has 1 N–H and O–H groups in total. The van der Waals surface area contributed by atoms with Gasteiger partial charge in [0.25, 0.3) is 0 Å². The lowest BCUT2D eigenvalue weighted by Crippen LogP contribution is -2.26. The van der Waals surface area contributed by atoms with Crippen LogP contribution in [0.4, 0.5) is 5.69 Å². The van der Waals surface area contributed by atoms with Crippen molar-refractivity contribution in [3.05, 3.63) is 59.3 Å². The van der Waals surface area contributed by atoms with Gasteiger partial charge in [-0.15, -0.1) is 0 Å². The molecule has 0 aliphatic carbocycles. The highest BCUT2D eigenvalue weighted by Crippen LogP contribution is 2.42. The van der Waals surface area contributed by atoms with Crippen molar-refractivity contribution in [2.45, 2.75) is 20.0 Å². The van der Waals surface area contributed by atoms with Gasteiger partial charge in [-0.25, -0.2) is 4.68 Å². The van der Waals surface area contributed by atoms with Crippen molar-refractivity contribution in [3.63, 3.8) is 0 Å². The highest BCUT2D eigenvalue weighted by atomic mass is 16.5. The lowest BCUT2D eigenvalue weighted by atomic mass is 10.00. The standard InChI is InChI=1S/C20H21N3O2/c1-12-6-5-7-15-17-10-13(2)22-23(17)20(21-19(12)15)16-9-8-14(24-3)11-18(16)25-4/h5-11,20-21H,1-4H3. The number of hydrogen-bond donors (Lipinski definition) is 1. The maximum Gasteiger partial charge on any atom is 0.150 e. The van der Waals surface area contributed by atoms with Crippen LogP contribution in [0.1, 0.15) is 23.0 Å². The highest BCUT2D eigenvalue weighted by Gasteiger charge is 2.29. The quantitative estimate of drug-likeness (QED) is 0.781. The molecule has 5 heteroatoms. The van der Waals surface area contributed by atoms with Gasteiger partial charge >= 0.3 is 0 Å². The number of anilines is 1. The number of rotatable bonds is 3. The fraction of sp³-hybridized carbons (Fsp3) is 0.250. The van der Waals surface area contributed by atoms with Crippen LogP contribution in [0.25, 0.3) is 11.3 Å². The molecule has 0 fully saturated rings. The third kappa shape index (κ3) is 2.43. The van der Waals surface area contributed by atoms with Crippen LogP contribution in [-0.4, -0.2) is 24.0 Å². The Balaban J connectivity index is 1.91. The minimum absolute atomic E-state index is 0.141. The Kier molecular flexibility index (Phi) is 3.64. The van der Waals surface area contributed by atoms with Crippen molar-refractivity contribution < 1.29 is 9.47 Å². The van der Waals surface area contributed by atoms with Crippen LogP contribution in [0.2, 0.25) is 0 Å². The zero-order chi connectivity index (χ0) is 17.6. The highest BCUT2D eigenvalue weighted by molar-refractivity contribution is 5.81. The number of nitrogens with one attached hydrogen (secondary N) is 1. The second-order valence-electron chi connectivity index (χ2n) is 6.27. The zero-order valence-corrected chi connectivity index (χ0v) is 14.8. The Morgan fingerprint density at radius 2 is 1.88 bits per heavy atom. The number of para-hydroxylation sites is 1. The molecule has 0 bridgehead atoms. The van der Waals surface area contributed by atoms with Crippen molar-refractivity contribution in [1.82, 2.24) is 9.78 Å².